The fourth-order valence-corrected chi connectivity index (χ4v) is 1.76. The van der Waals surface area contributed by atoms with Gasteiger partial charge in [-0.1, -0.05) is 12.1 Å². The second kappa shape index (κ2) is 9.50. The van der Waals surface area contributed by atoms with E-state index in [1.807, 2.05) is 19.1 Å². The largest absolute Gasteiger partial charge is 0.490 e. The van der Waals surface area contributed by atoms with E-state index >= 15 is 0 Å². The Morgan fingerprint density at radius 3 is 2.35 bits per heavy atom. The number of hydrogen-bond acceptors (Lipinski definition) is 4. The van der Waals surface area contributed by atoms with Crippen LogP contribution in [0.1, 0.15) is 6.92 Å². The van der Waals surface area contributed by atoms with E-state index in [1.54, 1.807) is 12.1 Å². The van der Waals surface area contributed by atoms with Crippen LogP contribution in [-0.4, -0.2) is 55.9 Å². The van der Waals surface area contributed by atoms with Crippen LogP contribution in [0.4, 0.5) is 8.78 Å². The van der Waals surface area contributed by atoms with E-state index in [-0.39, 0.29) is 26.3 Å². The molecular formula is C14H21F2NO3. The smallest absolute Gasteiger partial charge is 0.251 e. The van der Waals surface area contributed by atoms with Gasteiger partial charge in [0.25, 0.3) is 6.43 Å². The molecule has 1 aromatic carbocycles. The molecule has 1 aromatic rings. The van der Waals surface area contributed by atoms with Crippen LogP contribution in [-0.2, 0) is 0 Å². The standard InChI is InChI=1S/C14H21F2NO3/c1-2-19-12-5-3-4-6-13(12)20-10-8-17(7-9-18)11-14(15)16/h3-6,14,18H,2,7-11H2,1H3. The number of para-hydroxylation sites is 2. The van der Waals surface area contributed by atoms with Crippen molar-refractivity contribution < 1.29 is 23.4 Å². The van der Waals surface area contributed by atoms with E-state index in [1.165, 1.54) is 4.90 Å². The average molecular weight is 289 g/mol. The van der Waals surface area contributed by atoms with Crippen molar-refractivity contribution in [2.75, 3.05) is 39.5 Å². The van der Waals surface area contributed by atoms with Crippen molar-refractivity contribution in [3.05, 3.63) is 24.3 Å². The van der Waals surface area contributed by atoms with Gasteiger partial charge in [0.05, 0.1) is 19.8 Å². The van der Waals surface area contributed by atoms with Gasteiger partial charge < -0.3 is 14.6 Å². The summed E-state index contributed by atoms with van der Waals surface area (Å²) in [6.07, 6.45) is -2.42. The third-order valence-electron chi connectivity index (χ3n) is 2.63. The van der Waals surface area contributed by atoms with Gasteiger partial charge in [-0.15, -0.1) is 0 Å². The molecule has 0 aliphatic heterocycles. The molecule has 0 radical (unpaired) electrons. The SMILES string of the molecule is CCOc1ccccc1OCCN(CCO)CC(F)F. The van der Waals surface area contributed by atoms with E-state index in [4.69, 9.17) is 14.6 Å². The lowest BCUT2D eigenvalue weighted by Gasteiger charge is -2.21. The van der Waals surface area contributed by atoms with Gasteiger partial charge in [-0.25, -0.2) is 8.78 Å². The third kappa shape index (κ3) is 6.16. The van der Waals surface area contributed by atoms with Gasteiger partial charge in [-0.3, -0.25) is 4.90 Å². The molecule has 0 fully saturated rings. The maximum Gasteiger partial charge on any atom is 0.251 e. The van der Waals surface area contributed by atoms with E-state index in [0.717, 1.165) is 0 Å². The summed E-state index contributed by atoms with van der Waals surface area (Å²) >= 11 is 0. The highest BCUT2D eigenvalue weighted by atomic mass is 19.3. The summed E-state index contributed by atoms with van der Waals surface area (Å²) in [6.45, 7) is 2.69. The average Bonchev–Trinajstić information content (AvgIpc) is 2.40. The van der Waals surface area contributed by atoms with Crippen LogP contribution in [0.2, 0.25) is 0 Å². The van der Waals surface area contributed by atoms with Crippen molar-refractivity contribution in [3.63, 3.8) is 0 Å². The first-order valence-corrected chi connectivity index (χ1v) is 6.63. The molecular weight excluding hydrogens is 268 g/mol. The summed E-state index contributed by atoms with van der Waals surface area (Å²) < 4.78 is 35.6. The van der Waals surface area contributed by atoms with Crippen molar-refractivity contribution in [2.45, 2.75) is 13.3 Å². The molecule has 0 unspecified atom stereocenters. The summed E-state index contributed by atoms with van der Waals surface area (Å²) in [5.41, 5.74) is 0. The number of aliphatic hydroxyl groups excluding tert-OH is 1. The van der Waals surface area contributed by atoms with Crippen molar-refractivity contribution in [3.8, 4) is 11.5 Å². The second-order valence-corrected chi connectivity index (χ2v) is 4.14. The molecule has 0 heterocycles. The number of benzene rings is 1. The second-order valence-electron chi connectivity index (χ2n) is 4.14. The molecule has 20 heavy (non-hydrogen) atoms. The first-order chi connectivity index (χ1) is 9.67. The van der Waals surface area contributed by atoms with Gasteiger partial charge in [0.2, 0.25) is 0 Å². The molecule has 0 atom stereocenters. The molecule has 1 rings (SSSR count). The van der Waals surface area contributed by atoms with Crippen LogP contribution in [0.3, 0.4) is 0 Å². The van der Waals surface area contributed by atoms with Crippen molar-refractivity contribution in [1.29, 1.82) is 0 Å². The van der Waals surface area contributed by atoms with Crippen LogP contribution in [0.25, 0.3) is 0 Å². The lowest BCUT2D eigenvalue weighted by molar-refractivity contribution is 0.0705. The van der Waals surface area contributed by atoms with Gasteiger partial charge in [-0.2, -0.15) is 0 Å². The molecule has 0 bridgehead atoms. The van der Waals surface area contributed by atoms with Crippen LogP contribution < -0.4 is 9.47 Å². The fraction of sp³-hybridized carbons (Fsp3) is 0.571. The van der Waals surface area contributed by atoms with Gasteiger partial charge >= 0.3 is 0 Å². The zero-order chi connectivity index (χ0) is 14.8. The Balaban J connectivity index is 2.45. The molecule has 0 aliphatic carbocycles. The summed E-state index contributed by atoms with van der Waals surface area (Å²) in [7, 11) is 0. The zero-order valence-electron chi connectivity index (χ0n) is 11.6. The van der Waals surface area contributed by atoms with E-state index < -0.39 is 6.43 Å². The van der Waals surface area contributed by atoms with E-state index in [2.05, 4.69) is 0 Å². The van der Waals surface area contributed by atoms with Gasteiger partial charge in [0, 0.05) is 13.1 Å². The monoisotopic (exact) mass is 289 g/mol. The van der Waals surface area contributed by atoms with Crippen LogP contribution >= 0.6 is 0 Å². The number of halogens is 2. The Hall–Kier alpha value is -1.40. The molecule has 114 valence electrons. The highest BCUT2D eigenvalue weighted by Crippen LogP contribution is 2.26. The molecule has 0 saturated carbocycles. The number of rotatable bonds is 10. The molecule has 6 heteroatoms. The Morgan fingerprint density at radius 1 is 1.15 bits per heavy atom. The first kappa shape index (κ1) is 16.7. The molecule has 0 aromatic heterocycles. The topological polar surface area (TPSA) is 41.9 Å². The molecule has 1 N–H and O–H groups in total. The number of ether oxygens (including phenoxy) is 2. The summed E-state index contributed by atoms with van der Waals surface area (Å²) in [4.78, 5) is 1.47. The Bertz CT molecular complexity index is 377. The van der Waals surface area contributed by atoms with E-state index in [9.17, 15) is 8.78 Å². The van der Waals surface area contributed by atoms with Gasteiger partial charge in [0.1, 0.15) is 6.61 Å². The Labute approximate surface area is 117 Å². The van der Waals surface area contributed by atoms with Crippen LogP contribution in [0.15, 0.2) is 24.3 Å². The van der Waals surface area contributed by atoms with Gasteiger partial charge in [-0.05, 0) is 19.1 Å². The number of alkyl halides is 2. The molecule has 4 nitrogen and oxygen atoms in total. The lowest BCUT2D eigenvalue weighted by atomic mass is 10.3. The van der Waals surface area contributed by atoms with E-state index in [0.29, 0.717) is 24.7 Å². The quantitative estimate of drug-likeness (QED) is 0.715. The highest BCUT2D eigenvalue weighted by molar-refractivity contribution is 5.39. The Morgan fingerprint density at radius 2 is 1.80 bits per heavy atom. The fourth-order valence-electron chi connectivity index (χ4n) is 1.76. The van der Waals surface area contributed by atoms with Crippen molar-refractivity contribution in [1.82, 2.24) is 4.90 Å². The van der Waals surface area contributed by atoms with Crippen LogP contribution in [0.5, 0.6) is 11.5 Å². The minimum atomic E-state index is -2.42. The number of nitrogens with zero attached hydrogens (tertiary/aromatic N) is 1. The molecule has 0 saturated heterocycles. The summed E-state index contributed by atoms with van der Waals surface area (Å²) in [5.74, 6) is 1.23. The normalized spacial score (nSPS) is 11.1. The van der Waals surface area contributed by atoms with Crippen LogP contribution in [0, 0.1) is 0 Å². The number of aliphatic hydroxyl groups is 1. The number of hydrogen-bond donors (Lipinski definition) is 1. The Kier molecular flexibility index (Phi) is 7.91. The van der Waals surface area contributed by atoms with Crippen molar-refractivity contribution in [2.24, 2.45) is 0 Å². The predicted octanol–water partition coefficient (Wildman–Crippen LogP) is 2.02. The lowest BCUT2D eigenvalue weighted by Crippen LogP contribution is -2.35. The minimum absolute atomic E-state index is 0.151. The minimum Gasteiger partial charge on any atom is -0.490 e. The highest BCUT2D eigenvalue weighted by Gasteiger charge is 2.12. The maximum absolute atomic E-state index is 12.3. The third-order valence-corrected chi connectivity index (χ3v) is 2.63. The maximum atomic E-state index is 12.3. The van der Waals surface area contributed by atoms with Crippen molar-refractivity contribution >= 4 is 0 Å². The molecule has 0 spiro atoms. The summed E-state index contributed by atoms with van der Waals surface area (Å²) in [6, 6.07) is 7.23. The van der Waals surface area contributed by atoms with Gasteiger partial charge in [0.15, 0.2) is 11.5 Å². The predicted molar refractivity (Wildman–Crippen MR) is 72.6 cm³/mol. The summed E-state index contributed by atoms with van der Waals surface area (Å²) in [5, 5.41) is 8.83. The molecule has 0 aliphatic rings. The molecule has 0 amide bonds. The first-order valence-electron chi connectivity index (χ1n) is 6.63. The zero-order valence-corrected chi connectivity index (χ0v) is 11.6.